The fourth-order valence-corrected chi connectivity index (χ4v) is 7.18. The average molecular weight is 710 g/mol. The van der Waals surface area contributed by atoms with Crippen LogP contribution in [0.5, 0.6) is 0 Å². The van der Waals surface area contributed by atoms with Gasteiger partial charge in [-0.1, -0.05) is 95.3 Å². The highest BCUT2D eigenvalue weighted by molar-refractivity contribution is 5.87. The minimum absolute atomic E-state index is 0.0528. The van der Waals surface area contributed by atoms with Gasteiger partial charge in [0, 0.05) is 47.5 Å². The highest BCUT2D eigenvalue weighted by Gasteiger charge is 2.37. The molecular weight excluding hydrogens is 663 g/mol. The highest BCUT2D eigenvalue weighted by atomic mass is 16.5. The van der Waals surface area contributed by atoms with Crippen molar-refractivity contribution in [3.05, 3.63) is 115 Å². The van der Waals surface area contributed by atoms with Gasteiger partial charge in [-0.3, -0.25) is 4.79 Å². The average Bonchev–Trinajstić information content (AvgIpc) is 4.00. The molecule has 1 fully saturated rings. The van der Waals surface area contributed by atoms with Gasteiger partial charge in [0.15, 0.2) is 0 Å². The van der Waals surface area contributed by atoms with Crippen LogP contribution in [0.2, 0.25) is 0 Å². The summed E-state index contributed by atoms with van der Waals surface area (Å²) in [5.74, 6) is 0.518. The van der Waals surface area contributed by atoms with Crippen LogP contribution in [0.15, 0.2) is 104 Å². The maximum atomic E-state index is 13.6. The van der Waals surface area contributed by atoms with Crippen molar-refractivity contribution in [3.63, 3.8) is 0 Å². The number of ether oxygens (including phenoxy) is 1. The molecule has 0 spiro atoms. The lowest BCUT2D eigenvalue weighted by molar-refractivity contribution is -0.135. The van der Waals surface area contributed by atoms with Crippen LogP contribution < -0.4 is 5.32 Å². The number of hydrogen-bond acceptors (Lipinski definition) is 5. The summed E-state index contributed by atoms with van der Waals surface area (Å²) in [5.41, 5.74) is 10.6. The number of carbonyl (C=O) groups is 2. The van der Waals surface area contributed by atoms with Gasteiger partial charge in [0.05, 0.1) is 36.6 Å². The third-order valence-electron chi connectivity index (χ3n) is 10.2. The van der Waals surface area contributed by atoms with Crippen LogP contribution in [-0.2, 0) is 14.9 Å². The second-order valence-electron chi connectivity index (χ2n) is 15.1. The van der Waals surface area contributed by atoms with Crippen molar-refractivity contribution in [2.45, 2.75) is 65.0 Å². The van der Waals surface area contributed by atoms with Crippen LogP contribution in [0.4, 0.5) is 4.79 Å². The second-order valence-corrected chi connectivity index (χ2v) is 15.1. The van der Waals surface area contributed by atoms with E-state index in [1.54, 1.807) is 6.33 Å². The molecule has 3 aromatic heterocycles. The largest absolute Gasteiger partial charge is 0.453 e. The molecule has 0 radical (unpaired) electrons. The van der Waals surface area contributed by atoms with Gasteiger partial charge in [0.1, 0.15) is 11.9 Å². The van der Waals surface area contributed by atoms with Crippen molar-refractivity contribution in [2.24, 2.45) is 5.92 Å². The molecule has 0 bridgehead atoms. The minimum Gasteiger partial charge on any atom is -0.453 e. The Balaban J connectivity index is 1.17. The van der Waals surface area contributed by atoms with E-state index in [2.05, 4.69) is 131 Å². The van der Waals surface area contributed by atoms with Crippen LogP contribution in [-0.4, -0.2) is 61.1 Å². The normalized spacial score (nSPS) is 15.2. The molecular formula is C43H47N7O3. The first-order valence-corrected chi connectivity index (χ1v) is 18.2. The maximum Gasteiger partial charge on any atom is 0.407 e. The molecule has 1 unspecified atom stereocenters. The zero-order chi connectivity index (χ0) is 37.3. The Morgan fingerprint density at radius 2 is 1.53 bits per heavy atom. The van der Waals surface area contributed by atoms with Gasteiger partial charge in [-0.15, -0.1) is 0 Å². The summed E-state index contributed by atoms with van der Waals surface area (Å²) in [7, 11) is 1.30. The molecule has 10 nitrogen and oxygen atoms in total. The molecule has 3 N–H and O–H groups in total. The predicted octanol–water partition coefficient (Wildman–Crippen LogP) is 8.93. The summed E-state index contributed by atoms with van der Waals surface area (Å²) in [5, 5.41) is 2.72. The smallest absolute Gasteiger partial charge is 0.407 e. The van der Waals surface area contributed by atoms with E-state index in [-0.39, 0.29) is 23.3 Å². The van der Waals surface area contributed by atoms with Crippen molar-refractivity contribution in [1.82, 2.24) is 34.7 Å². The number of alkyl carbamates (subject to hydrolysis) is 1. The number of nitrogens with zero attached hydrogens (tertiary/aromatic N) is 4. The Morgan fingerprint density at radius 3 is 2.17 bits per heavy atom. The highest BCUT2D eigenvalue weighted by Crippen LogP contribution is 2.38. The molecule has 4 heterocycles. The minimum atomic E-state index is -0.679. The molecule has 0 saturated carbocycles. The third-order valence-corrected chi connectivity index (χ3v) is 10.2. The summed E-state index contributed by atoms with van der Waals surface area (Å²) in [6.45, 7) is 11.1. The summed E-state index contributed by atoms with van der Waals surface area (Å²) < 4.78 is 7.03. The second kappa shape index (κ2) is 14.6. The van der Waals surface area contributed by atoms with Crippen molar-refractivity contribution in [1.29, 1.82) is 0 Å². The van der Waals surface area contributed by atoms with Gasteiger partial charge in [-0.2, -0.15) is 0 Å². The fraction of sp³-hybridized carbons (Fsp3) is 0.302. The lowest BCUT2D eigenvalue weighted by Gasteiger charge is -2.29. The fourth-order valence-electron chi connectivity index (χ4n) is 7.18. The Labute approximate surface area is 310 Å². The molecule has 53 heavy (non-hydrogen) atoms. The number of nitrogens with one attached hydrogen (secondary N) is 3. The standard InChI is InChI=1S/C43H47N7O3/c1-27(2)38(48-42(52)53-6)41(51)50-22-7-8-37(50)40-45-25-36(47-40)30-15-19-33(20-16-30)49-23-21-34(28-9-11-29(12-10-28)35-24-44-26-46-35)39(49)31-13-17-32(18-14-31)43(3,4)5/h9-21,23-27,37-38H,7-8,22H2,1-6H3,(H,44,46)(H,45,47)(H,48,52)/t37-,38?/m0/s1. The SMILES string of the molecule is COC(=O)NC(C(=O)N1CCC[C@H]1c1nc(-c2ccc(-n3ccc(-c4ccc(-c5c[nH]cn5)cc4)c3-c3ccc(C(C)(C)C)cc3)cc2)c[nH]1)C(C)C. The molecule has 272 valence electrons. The first-order chi connectivity index (χ1) is 25.5. The van der Waals surface area contributed by atoms with Crippen LogP contribution in [0.1, 0.15) is 64.9 Å². The number of hydrogen-bond donors (Lipinski definition) is 3. The molecule has 6 aromatic rings. The lowest BCUT2D eigenvalue weighted by Crippen LogP contribution is -2.51. The zero-order valence-corrected chi connectivity index (χ0v) is 31.2. The van der Waals surface area contributed by atoms with Crippen molar-refractivity contribution in [3.8, 4) is 50.6 Å². The van der Waals surface area contributed by atoms with Gasteiger partial charge in [0.2, 0.25) is 5.91 Å². The summed E-state index contributed by atoms with van der Waals surface area (Å²) in [4.78, 5) is 43.2. The number of aromatic nitrogens is 5. The predicted molar refractivity (Wildman–Crippen MR) is 208 cm³/mol. The van der Waals surface area contributed by atoms with Crippen molar-refractivity contribution >= 4 is 12.0 Å². The molecule has 1 aliphatic heterocycles. The van der Waals surface area contributed by atoms with Gasteiger partial charge in [0.25, 0.3) is 0 Å². The molecule has 1 aliphatic rings. The van der Waals surface area contributed by atoms with E-state index in [0.29, 0.717) is 6.54 Å². The quantitative estimate of drug-likeness (QED) is 0.138. The summed E-state index contributed by atoms with van der Waals surface area (Å²) in [6.07, 6.45) is 8.68. The Hall–Kier alpha value is -5.90. The van der Waals surface area contributed by atoms with E-state index in [0.717, 1.165) is 69.3 Å². The number of benzene rings is 3. The number of H-pyrrole nitrogens is 2. The van der Waals surface area contributed by atoms with Crippen LogP contribution >= 0.6 is 0 Å². The Kier molecular flexibility index (Phi) is 9.79. The van der Waals surface area contributed by atoms with E-state index in [9.17, 15) is 9.59 Å². The molecule has 2 atom stereocenters. The molecule has 0 aliphatic carbocycles. The number of aromatic amines is 2. The van der Waals surface area contributed by atoms with E-state index < -0.39 is 12.1 Å². The number of methoxy groups -OCH3 is 1. The van der Waals surface area contributed by atoms with Crippen molar-refractivity contribution in [2.75, 3.05) is 13.7 Å². The monoisotopic (exact) mass is 709 g/mol. The van der Waals surface area contributed by atoms with Gasteiger partial charge in [-0.05, 0) is 59.1 Å². The van der Waals surface area contributed by atoms with Gasteiger partial charge < -0.3 is 29.5 Å². The number of amides is 2. The Bertz CT molecular complexity index is 2170. The van der Waals surface area contributed by atoms with Crippen LogP contribution in [0, 0.1) is 5.92 Å². The number of imidazole rings is 2. The lowest BCUT2D eigenvalue weighted by atomic mass is 9.86. The molecule has 10 heteroatoms. The van der Waals surface area contributed by atoms with Crippen molar-refractivity contribution < 1.29 is 14.3 Å². The molecule has 3 aromatic carbocycles. The summed E-state index contributed by atoms with van der Waals surface area (Å²) >= 11 is 0. The zero-order valence-electron chi connectivity index (χ0n) is 31.2. The summed E-state index contributed by atoms with van der Waals surface area (Å²) in [6, 6.07) is 27.2. The number of likely N-dealkylation sites (tertiary alicyclic amines) is 1. The number of carbonyl (C=O) groups excluding carboxylic acids is 2. The molecule has 2 amide bonds. The topological polar surface area (TPSA) is 121 Å². The first-order valence-electron chi connectivity index (χ1n) is 18.2. The van der Waals surface area contributed by atoms with E-state index in [4.69, 9.17) is 9.72 Å². The van der Waals surface area contributed by atoms with E-state index in [1.165, 1.54) is 12.7 Å². The van der Waals surface area contributed by atoms with E-state index >= 15 is 0 Å². The van der Waals surface area contributed by atoms with Gasteiger partial charge in [-0.25, -0.2) is 14.8 Å². The molecule has 1 saturated heterocycles. The Morgan fingerprint density at radius 1 is 0.868 bits per heavy atom. The number of rotatable bonds is 9. The molecule has 7 rings (SSSR count). The maximum absolute atomic E-state index is 13.6. The van der Waals surface area contributed by atoms with Crippen LogP contribution in [0.25, 0.3) is 50.6 Å². The third kappa shape index (κ3) is 7.26. The first kappa shape index (κ1) is 35.5. The van der Waals surface area contributed by atoms with Crippen LogP contribution in [0.3, 0.4) is 0 Å². The van der Waals surface area contributed by atoms with Gasteiger partial charge >= 0.3 is 6.09 Å². The van der Waals surface area contributed by atoms with E-state index in [1.807, 2.05) is 31.1 Å².